The molecule has 0 spiro atoms. The van der Waals surface area contributed by atoms with Gasteiger partial charge in [0.1, 0.15) is 17.6 Å². The number of carbonyl (C=O) groups is 1. The summed E-state index contributed by atoms with van der Waals surface area (Å²) >= 11 is 11.7. The van der Waals surface area contributed by atoms with Crippen molar-refractivity contribution < 1.29 is 13.7 Å². The Hall–Kier alpha value is -1.34. The molecule has 1 aromatic rings. The molecule has 3 rings (SSSR count). The maximum atomic E-state index is 12.3. The maximum Gasteiger partial charge on any atom is 0.414 e. The van der Waals surface area contributed by atoms with Gasteiger partial charge in [-0.3, -0.25) is 4.90 Å². The second-order valence-corrected chi connectivity index (χ2v) is 8.77. The van der Waals surface area contributed by atoms with Crippen molar-refractivity contribution in [1.29, 1.82) is 0 Å². The van der Waals surface area contributed by atoms with E-state index >= 15 is 0 Å². The number of amides is 1. The quantitative estimate of drug-likeness (QED) is 0.459. The molecular formula is C20H26Cl2N2O3S. The van der Waals surface area contributed by atoms with E-state index in [-0.39, 0.29) is 24.6 Å². The Balaban J connectivity index is 0.000000640. The van der Waals surface area contributed by atoms with Crippen LogP contribution in [-0.2, 0) is 22.3 Å². The summed E-state index contributed by atoms with van der Waals surface area (Å²) in [4.78, 5) is 14.5. The first kappa shape index (κ1) is 22.9. The van der Waals surface area contributed by atoms with Crippen molar-refractivity contribution in [2.45, 2.75) is 38.8 Å². The summed E-state index contributed by atoms with van der Waals surface area (Å²) in [5.74, 6) is 0.180. The van der Waals surface area contributed by atoms with Crippen molar-refractivity contribution in [3.63, 3.8) is 0 Å². The number of piperidine rings is 1. The SMILES string of the molecule is C=C(CCl)S(=O)N1CCC(N2C(=O)OCc3cc(Cl)ccc32)CC1.C=CCC. The lowest BCUT2D eigenvalue weighted by Gasteiger charge is -2.39. The van der Waals surface area contributed by atoms with Gasteiger partial charge in [0.15, 0.2) is 0 Å². The fourth-order valence-corrected chi connectivity index (χ4v) is 4.53. The van der Waals surface area contributed by atoms with Gasteiger partial charge in [0, 0.05) is 34.6 Å². The molecule has 1 atom stereocenters. The predicted octanol–water partition coefficient (Wildman–Crippen LogP) is 5.26. The van der Waals surface area contributed by atoms with Gasteiger partial charge in [-0.05, 0) is 37.5 Å². The Kier molecular flexibility index (Phi) is 9.02. The average Bonchev–Trinajstić information content (AvgIpc) is 2.73. The largest absolute Gasteiger partial charge is 0.444 e. The Morgan fingerprint density at radius 3 is 2.61 bits per heavy atom. The Labute approximate surface area is 179 Å². The van der Waals surface area contributed by atoms with Gasteiger partial charge in [0.2, 0.25) is 0 Å². The molecule has 1 saturated heterocycles. The Bertz CT molecular complexity index is 749. The van der Waals surface area contributed by atoms with Crippen molar-refractivity contribution in [2.24, 2.45) is 0 Å². The van der Waals surface area contributed by atoms with Crippen molar-refractivity contribution in [1.82, 2.24) is 4.31 Å². The first-order chi connectivity index (χ1) is 13.4. The first-order valence-electron chi connectivity index (χ1n) is 9.18. The number of benzene rings is 1. The van der Waals surface area contributed by atoms with Crippen LogP contribution >= 0.6 is 23.2 Å². The molecule has 154 valence electrons. The standard InChI is InChI=1S/C16H18Cl2N2O3S.C4H8/c1-11(9-17)24(22)19-6-4-14(5-7-19)20-15-3-2-13(18)8-12(15)10-23-16(20)21;1-3-4-2/h2-3,8,14H,1,4-7,9-10H2;3H,1,4H2,2H3. The van der Waals surface area contributed by atoms with Gasteiger partial charge in [-0.1, -0.05) is 31.2 Å². The van der Waals surface area contributed by atoms with Crippen molar-refractivity contribution >= 4 is 46.0 Å². The van der Waals surface area contributed by atoms with Gasteiger partial charge in [-0.15, -0.1) is 18.2 Å². The zero-order valence-corrected chi connectivity index (χ0v) is 18.4. The molecule has 0 bridgehead atoms. The highest BCUT2D eigenvalue weighted by atomic mass is 35.5. The highest BCUT2D eigenvalue weighted by molar-refractivity contribution is 7.86. The number of ether oxygens (including phenoxy) is 1. The molecule has 1 fully saturated rings. The minimum atomic E-state index is -1.27. The third-order valence-electron chi connectivity index (χ3n) is 4.56. The number of rotatable bonds is 5. The number of hydrogen-bond acceptors (Lipinski definition) is 3. The lowest BCUT2D eigenvalue weighted by atomic mass is 10.0. The topological polar surface area (TPSA) is 49.9 Å². The molecule has 2 aliphatic rings. The summed E-state index contributed by atoms with van der Waals surface area (Å²) in [6.45, 7) is 10.7. The molecule has 1 aromatic carbocycles. The normalized spacial score (nSPS) is 18.4. The predicted molar refractivity (Wildman–Crippen MR) is 117 cm³/mol. The smallest absolute Gasteiger partial charge is 0.414 e. The van der Waals surface area contributed by atoms with E-state index in [2.05, 4.69) is 20.1 Å². The molecular weight excluding hydrogens is 419 g/mol. The summed E-state index contributed by atoms with van der Waals surface area (Å²) in [5.41, 5.74) is 1.75. The van der Waals surface area contributed by atoms with E-state index in [1.165, 1.54) is 0 Å². The number of cyclic esters (lactones) is 1. The van der Waals surface area contributed by atoms with Crippen LogP contribution in [0.1, 0.15) is 31.7 Å². The lowest BCUT2D eigenvalue weighted by molar-refractivity contribution is 0.136. The monoisotopic (exact) mass is 444 g/mol. The lowest BCUT2D eigenvalue weighted by Crippen LogP contribution is -2.49. The van der Waals surface area contributed by atoms with Crippen LogP contribution in [0.25, 0.3) is 0 Å². The third-order valence-corrected chi connectivity index (χ3v) is 6.75. The van der Waals surface area contributed by atoms with Gasteiger partial charge in [-0.25, -0.2) is 13.3 Å². The third kappa shape index (κ3) is 5.60. The van der Waals surface area contributed by atoms with Crippen LogP contribution in [0.4, 0.5) is 10.5 Å². The summed E-state index contributed by atoms with van der Waals surface area (Å²) in [6.07, 6.45) is 4.03. The van der Waals surface area contributed by atoms with Crippen LogP contribution in [0, 0.1) is 0 Å². The van der Waals surface area contributed by atoms with E-state index in [4.69, 9.17) is 27.9 Å². The van der Waals surface area contributed by atoms with Crippen LogP contribution < -0.4 is 4.90 Å². The molecule has 0 radical (unpaired) electrons. The van der Waals surface area contributed by atoms with Gasteiger partial charge < -0.3 is 4.74 Å². The zero-order chi connectivity index (χ0) is 20.7. The summed E-state index contributed by atoms with van der Waals surface area (Å²) in [7, 11) is -1.27. The molecule has 0 saturated carbocycles. The van der Waals surface area contributed by atoms with E-state index in [0.29, 0.717) is 35.9 Å². The maximum absolute atomic E-state index is 12.3. The number of halogens is 2. The number of allylic oxidation sites excluding steroid dienone is 2. The highest BCUT2D eigenvalue weighted by Gasteiger charge is 2.35. The van der Waals surface area contributed by atoms with Crippen molar-refractivity contribution in [3.8, 4) is 0 Å². The van der Waals surface area contributed by atoms with E-state index in [1.807, 2.05) is 22.5 Å². The minimum Gasteiger partial charge on any atom is -0.444 e. The molecule has 1 amide bonds. The second-order valence-electron chi connectivity index (χ2n) is 6.48. The van der Waals surface area contributed by atoms with Crippen LogP contribution in [0.2, 0.25) is 5.02 Å². The van der Waals surface area contributed by atoms with E-state index in [1.54, 1.807) is 11.0 Å². The summed E-state index contributed by atoms with van der Waals surface area (Å²) in [6, 6.07) is 5.47. The molecule has 0 aliphatic carbocycles. The Morgan fingerprint density at radius 1 is 1.39 bits per heavy atom. The molecule has 5 nitrogen and oxygen atoms in total. The molecule has 1 unspecified atom stereocenters. The van der Waals surface area contributed by atoms with Crippen molar-refractivity contribution in [2.75, 3.05) is 23.9 Å². The molecule has 2 heterocycles. The number of hydrogen-bond donors (Lipinski definition) is 0. The molecule has 0 aromatic heterocycles. The highest BCUT2D eigenvalue weighted by Crippen LogP contribution is 2.33. The molecule has 28 heavy (non-hydrogen) atoms. The van der Waals surface area contributed by atoms with Gasteiger partial charge in [0.25, 0.3) is 0 Å². The zero-order valence-electron chi connectivity index (χ0n) is 16.0. The van der Waals surface area contributed by atoms with E-state index < -0.39 is 11.0 Å². The van der Waals surface area contributed by atoms with Crippen molar-refractivity contribution in [3.05, 3.63) is 52.9 Å². The molecule has 0 N–H and O–H groups in total. The average molecular weight is 445 g/mol. The first-order valence-corrected chi connectivity index (χ1v) is 11.2. The number of anilines is 1. The number of carbonyl (C=O) groups excluding carboxylic acids is 1. The van der Waals surface area contributed by atoms with Crippen LogP contribution in [-0.4, -0.2) is 39.6 Å². The van der Waals surface area contributed by atoms with Crippen LogP contribution in [0.3, 0.4) is 0 Å². The minimum absolute atomic E-state index is 0.00948. The van der Waals surface area contributed by atoms with Gasteiger partial charge >= 0.3 is 6.09 Å². The van der Waals surface area contributed by atoms with Crippen LogP contribution in [0.5, 0.6) is 0 Å². The van der Waals surface area contributed by atoms with Gasteiger partial charge in [-0.2, -0.15) is 0 Å². The van der Waals surface area contributed by atoms with Crippen LogP contribution in [0.15, 0.2) is 42.3 Å². The van der Waals surface area contributed by atoms with E-state index in [0.717, 1.165) is 17.7 Å². The molecule has 8 heteroatoms. The van der Waals surface area contributed by atoms with Gasteiger partial charge in [0.05, 0.1) is 11.6 Å². The fraction of sp³-hybridized carbons (Fsp3) is 0.450. The number of fused-ring (bicyclic) bond motifs is 1. The Morgan fingerprint density at radius 2 is 2.04 bits per heavy atom. The number of alkyl halides is 1. The number of nitrogens with zero attached hydrogens (tertiary/aromatic N) is 2. The second kappa shape index (κ2) is 11.0. The summed E-state index contributed by atoms with van der Waals surface area (Å²) < 4.78 is 19.4. The summed E-state index contributed by atoms with van der Waals surface area (Å²) in [5, 5.41) is 0.622. The molecule has 2 aliphatic heterocycles. The van der Waals surface area contributed by atoms with E-state index in [9.17, 15) is 9.00 Å². The fourth-order valence-electron chi connectivity index (χ4n) is 3.05.